The van der Waals surface area contributed by atoms with Crippen molar-refractivity contribution in [3.63, 3.8) is 0 Å². The summed E-state index contributed by atoms with van der Waals surface area (Å²) < 4.78 is 13.5. The minimum Gasteiger partial charge on any atom is -0.338 e. The first-order valence-electron chi connectivity index (χ1n) is 7.73. The first-order valence-corrected chi connectivity index (χ1v) is 8.72. The number of amides is 2. The van der Waals surface area contributed by atoms with Gasteiger partial charge in [-0.2, -0.15) is 0 Å². The Morgan fingerprint density at radius 2 is 1.96 bits per heavy atom. The number of fused-ring (bicyclic) bond motifs is 1. The lowest BCUT2D eigenvalue weighted by molar-refractivity contribution is 0.236. The zero-order valence-corrected chi connectivity index (χ0v) is 13.5. The van der Waals surface area contributed by atoms with E-state index in [1.807, 2.05) is 23.9 Å². The fourth-order valence-electron chi connectivity index (χ4n) is 2.71. The Morgan fingerprint density at radius 1 is 1.17 bits per heavy atom. The lowest BCUT2D eigenvalue weighted by atomic mass is 10.0. The van der Waals surface area contributed by atoms with Crippen molar-refractivity contribution in [2.45, 2.75) is 23.8 Å². The molecule has 0 saturated carbocycles. The summed E-state index contributed by atoms with van der Waals surface area (Å²) in [6.07, 6.45) is 1.40. The maximum atomic E-state index is 13.5. The third-order valence-corrected chi connectivity index (χ3v) is 5.02. The molecular weight excluding hydrogens is 311 g/mol. The van der Waals surface area contributed by atoms with E-state index in [0.717, 1.165) is 12.2 Å². The van der Waals surface area contributed by atoms with Gasteiger partial charge in [-0.3, -0.25) is 0 Å². The van der Waals surface area contributed by atoms with Crippen LogP contribution in [0.3, 0.4) is 0 Å². The van der Waals surface area contributed by atoms with Gasteiger partial charge in [-0.25, -0.2) is 9.18 Å². The van der Waals surface area contributed by atoms with Crippen molar-refractivity contribution in [1.29, 1.82) is 0 Å². The van der Waals surface area contributed by atoms with Crippen LogP contribution in [0.2, 0.25) is 0 Å². The highest BCUT2D eigenvalue weighted by atomic mass is 32.2. The van der Waals surface area contributed by atoms with Gasteiger partial charge < -0.3 is 10.6 Å². The maximum absolute atomic E-state index is 13.5. The first-order chi connectivity index (χ1) is 11.2. The third kappa shape index (κ3) is 4.05. The number of hydrogen-bond acceptors (Lipinski definition) is 2. The first kappa shape index (κ1) is 15.9. The van der Waals surface area contributed by atoms with E-state index in [1.54, 1.807) is 18.2 Å². The predicted molar refractivity (Wildman–Crippen MR) is 91.2 cm³/mol. The van der Waals surface area contributed by atoms with Crippen molar-refractivity contribution in [2.75, 3.05) is 12.3 Å². The lowest BCUT2D eigenvalue weighted by Crippen LogP contribution is -2.39. The lowest BCUT2D eigenvalue weighted by Gasteiger charge is -2.25. The second-order valence-corrected chi connectivity index (χ2v) is 6.61. The SMILES string of the molecule is O=C(NCCc1ccccc1F)N[C@@H]1CCSc2ccccc21. The van der Waals surface area contributed by atoms with E-state index in [4.69, 9.17) is 0 Å². The molecule has 0 spiro atoms. The minimum absolute atomic E-state index is 0.0425. The van der Waals surface area contributed by atoms with Crippen molar-refractivity contribution < 1.29 is 9.18 Å². The van der Waals surface area contributed by atoms with Crippen LogP contribution in [0, 0.1) is 5.82 Å². The van der Waals surface area contributed by atoms with Crippen LogP contribution in [0.5, 0.6) is 0 Å². The molecule has 3 nitrogen and oxygen atoms in total. The van der Waals surface area contributed by atoms with Gasteiger partial charge in [0.05, 0.1) is 6.04 Å². The number of thioether (sulfide) groups is 1. The van der Waals surface area contributed by atoms with E-state index in [2.05, 4.69) is 22.8 Å². The second-order valence-electron chi connectivity index (χ2n) is 5.47. The van der Waals surface area contributed by atoms with Crippen LogP contribution in [0.4, 0.5) is 9.18 Å². The molecule has 0 aliphatic carbocycles. The van der Waals surface area contributed by atoms with Gasteiger partial charge in [0.25, 0.3) is 0 Å². The number of rotatable bonds is 4. The zero-order chi connectivity index (χ0) is 16.1. The number of halogens is 1. The molecule has 0 bridgehead atoms. The molecule has 23 heavy (non-hydrogen) atoms. The van der Waals surface area contributed by atoms with Crippen LogP contribution in [-0.4, -0.2) is 18.3 Å². The molecule has 0 unspecified atom stereocenters. The molecule has 2 aromatic rings. The van der Waals surface area contributed by atoms with Gasteiger partial charge in [0.15, 0.2) is 0 Å². The Balaban J connectivity index is 1.52. The van der Waals surface area contributed by atoms with Crippen molar-refractivity contribution in [1.82, 2.24) is 10.6 Å². The average molecular weight is 330 g/mol. The molecule has 120 valence electrons. The summed E-state index contributed by atoms with van der Waals surface area (Å²) in [7, 11) is 0. The fraction of sp³-hybridized carbons (Fsp3) is 0.278. The zero-order valence-electron chi connectivity index (χ0n) is 12.7. The smallest absolute Gasteiger partial charge is 0.315 e. The number of urea groups is 1. The largest absolute Gasteiger partial charge is 0.338 e. The molecule has 3 rings (SSSR count). The van der Waals surface area contributed by atoms with Gasteiger partial charge >= 0.3 is 6.03 Å². The van der Waals surface area contributed by atoms with E-state index >= 15 is 0 Å². The summed E-state index contributed by atoms with van der Waals surface area (Å²) in [4.78, 5) is 13.3. The van der Waals surface area contributed by atoms with Gasteiger partial charge in [-0.05, 0) is 36.1 Å². The molecule has 1 aliphatic heterocycles. The van der Waals surface area contributed by atoms with Gasteiger partial charge in [-0.15, -0.1) is 11.8 Å². The van der Waals surface area contributed by atoms with Crippen molar-refractivity contribution in [3.05, 3.63) is 65.5 Å². The predicted octanol–water partition coefficient (Wildman–Crippen LogP) is 3.90. The van der Waals surface area contributed by atoms with Crippen LogP contribution >= 0.6 is 11.8 Å². The van der Waals surface area contributed by atoms with Gasteiger partial charge in [0.2, 0.25) is 0 Å². The van der Waals surface area contributed by atoms with Gasteiger partial charge in [0, 0.05) is 17.2 Å². The van der Waals surface area contributed by atoms with Crippen LogP contribution in [0.15, 0.2) is 53.4 Å². The molecule has 2 N–H and O–H groups in total. The minimum atomic E-state index is -0.229. The molecule has 0 radical (unpaired) electrons. The summed E-state index contributed by atoms with van der Waals surface area (Å²) in [6, 6.07) is 14.6. The number of nitrogens with one attached hydrogen (secondary N) is 2. The van der Waals surface area contributed by atoms with Gasteiger partial charge in [-0.1, -0.05) is 36.4 Å². The maximum Gasteiger partial charge on any atom is 0.315 e. The fourth-order valence-corrected chi connectivity index (χ4v) is 3.84. The molecule has 0 saturated heterocycles. The van der Waals surface area contributed by atoms with Crippen molar-refractivity contribution in [2.24, 2.45) is 0 Å². The summed E-state index contributed by atoms with van der Waals surface area (Å²) in [5.74, 6) is 0.768. The Kier molecular flexibility index (Phi) is 5.18. The van der Waals surface area contributed by atoms with E-state index in [0.29, 0.717) is 18.5 Å². The summed E-state index contributed by atoms with van der Waals surface area (Å²) in [5, 5.41) is 5.83. The van der Waals surface area contributed by atoms with E-state index in [1.165, 1.54) is 16.5 Å². The number of benzene rings is 2. The molecule has 2 aromatic carbocycles. The molecular formula is C18H19FN2OS. The normalized spacial score (nSPS) is 16.5. The summed E-state index contributed by atoms with van der Waals surface area (Å²) >= 11 is 1.82. The molecule has 5 heteroatoms. The Hall–Kier alpha value is -2.01. The highest BCUT2D eigenvalue weighted by molar-refractivity contribution is 7.99. The van der Waals surface area contributed by atoms with E-state index < -0.39 is 0 Å². The second kappa shape index (κ2) is 7.51. The highest BCUT2D eigenvalue weighted by Gasteiger charge is 2.21. The van der Waals surface area contributed by atoms with Crippen LogP contribution < -0.4 is 10.6 Å². The molecule has 0 aromatic heterocycles. The quantitative estimate of drug-likeness (QED) is 0.892. The number of carbonyl (C=O) groups excluding carboxylic acids is 1. The molecule has 1 atom stereocenters. The summed E-state index contributed by atoms with van der Waals surface area (Å²) in [6.45, 7) is 0.413. The molecule has 1 aliphatic rings. The van der Waals surface area contributed by atoms with Crippen molar-refractivity contribution >= 4 is 17.8 Å². The molecule has 1 heterocycles. The number of carbonyl (C=O) groups is 1. The standard InChI is InChI=1S/C18H19FN2OS/c19-15-7-3-1-5-13(15)9-11-20-18(22)21-16-10-12-23-17-8-4-2-6-14(16)17/h1-8,16H,9-12H2,(H2,20,21,22)/t16-/m1/s1. The van der Waals surface area contributed by atoms with Gasteiger partial charge in [0.1, 0.15) is 5.82 Å². The monoisotopic (exact) mass is 330 g/mol. The van der Waals surface area contributed by atoms with E-state index in [9.17, 15) is 9.18 Å². The Bertz CT molecular complexity index is 692. The Labute approximate surface area is 139 Å². The molecule has 2 amide bonds. The van der Waals surface area contributed by atoms with Crippen molar-refractivity contribution in [3.8, 4) is 0 Å². The Morgan fingerprint density at radius 3 is 2.83 bits per heavy atom. The molecule has 0 fully saturated rings. The van der Waals surface area contributed by atoms with Crippen LogP contribution in [0.1, 0.15) is 23.6 Å². The number of hydrogen-bond donors (Lipinski definition) is 2. The highest BCUT2D eigenvalue weighted by Crippen LogP contribution is 2.35. The topological polar surface area (TPSA) is 41.1 Å². The average Bonchev–Trinajstić information content (AvgIpc) is 2.57. The summed E-state index contributed by atoms with van der Waals surface area (Å²) in [5.41, 5.74) is 1.79. The van der Waals surface area contributed by atoms with E-state index in [-0.39, 0.29) is 17.9 Å². The third-order valence-electron chi connectivity index (χ3n) is 3.90. The van der Waals surface area contributed by atoms with Crippen LogP contribution in [0.25, 0.3) is 0 Å². The van der Waals surface area contributed by atoms with Crippen LogP contribution in [-0.2, 0) is 6.42 Å².